The summed E-state index contributed by atoms with van der Waals surface area (Å²) in [6.07, 6.45) is 4.04. The summed E-state index contributed by atoms with van der Waals surface area (Å²) < 4.78 is 4.31. The Morgan fingerprint density at radius 1 is 0.500 bits per heavy atom. The molecule has 3 aromatic rings. The van der Waals surface area contributed by atoms with Crippen LogP contribution in [-0.4, -0.2) is 13.7 Å². The third kappa shape index (κ3) is 5.16. The Morgan fingerprint density at radius 2 is 0.735 bits per heavy atom. The van der Waals surface area contributed by atoms with Crippen molar-refractivity contribution in [2.75, 3.05) is 0 Å². The van der Waals surface area contributed by atoms with Crippen LogP contribution in [0.4, 0.5) is 0 Å². The molecule has 0 atom stereocenters. The molecular formula is C28H37N3O3. The first-order chi connectivity index (χ1) is 15.5. The van der Waals surface area contributed by atoms with Gasteiger partial charge in [-0.05, 0) is 51.1 Å². The van der Waals surface area contributed by atoms with Crippen LogP contribution in [0, 0.1) is 0 Å². The maximum absolute atomic E-state index is 13.3. The van der Waals surface area contributed by atoms with Crippen molar-refractivity contribution in [3.63, 3.8) is 0 Å². The third-order valence-electron chi connectivity index (χ3n) is 6.19. The fourth-order valence-corrected chi connectivity index (χ4v) is 3.84. The Kier molecular flexibility index (Phi) is 6.42. The van der Waals surface area contributed by atoms with Gasteiger partial charge in [-0.1, -0.05) is 62.3 Å². The van der Waals surface area contributed by atoms with Gasteiger partial charge in [-0.2, -0.15) is 0 Å². The normalized spacial score (nSPS) is 12.9. The lowest BCUT2D eigenvalue weighted by atomic mass is 9.88. The van der Waals surface area contributed by atoms with Crippen molar-refractivity contribution in [3.05, 3.63) is 103 Å². The highest BCUT2D eigenvalue weighted by Crippen LogP contribution is 2.24. The van der Waals surface area contributed by atoms with Gasteiger partial charge in [-0.25, -0.2) is 0 Å². The standard InChI is InChI=1S/C28H37N3O3/c1-26(2,3)19-10-13-29(22(32)16-19)25(30-14-11-20(17-23(30)33)27(4,5)6)31-15-12-21(18-24(31)34)28(7,8)9/h10-18,25H,1-9H3. The Hall–Kier alpha value is -3.15. The van der Waals surface area contributed by atoms with E-state index < -0.39 is 6.29 Å². The average Bonchev–Trinajstić information content (AvgIpc) is 2.69. The lowest BCUT2D eigenvalue weighted by molar-refractivity contribution is 0.338. The molecular weight excluding hydrogens is 426 g/mol. The number of hydrogen-bond donors (Lipinski definition) is 0. The van der Waals surface area contributed by atoms with Gasteiger partial charge in [0.05, 0.1) is 0 Å². The molecule has 0 aromatic carbocycles. The number of aromatic nitrogens is 3. The van der Waals surface area contributed by atoms with E-state index in [1.807, 2.05) is 80.5 Å². The fourth-order valence-electron chi connectivity index (χ4n) is 3.84. The summed E-state index contributed by atoms with van der Waals surface area (Å²) in [5, 5.41) is 0. The van der Waals surface area contributed by atoms with Gasteiger partial charge in [0.2, 0.25) is 0 Å². The van der Waals surface area contributed by atoms with Gasteiger partial charge in [-0.15, -0.1) is 0 Å². The first-order valence-electron chi connectivity index (χ1n) is 11.7. The van der Waals surface area contributed by atoms with E-state index in [0.29, 0.717) is 0 Å². The Bertz CT molecular complexity index is 1200. The molecule has 0 radical (unpaired) electrons. The molecule has 6 heteroatoms. The van der Waals surface area contributed by atoms with Gasteiger partial charge >= 0.3 is 0 Å². The molecule has 0 saturated heterocycles. The fraction of sp³-hybridized carbons (Fsp3) is 0.464. The molecule has 3 aromatic heterocycles. The van der Waals surface area contributed by atoms with Crippen LogP contribution in [0.1, 0.15) is 85.3 Å². The molecule has 0 aliphatic rings. The molecule has 0 aliphatic heterocycles. The molecule has 0 saturated carbocycles. The topological polar surface area (TPSA) is 66.0 Å². The van der Waals surface area contributed by atoms with Crippen LogP contribution in [-0.2, 0) is 16.2 Å². The van der Waals surface area contributed by atoms with E-state index >= 15 is 0 Å². The Balaban J connectivity index is 2.30. The summed E-state index contributed by atoms with van der Waals surface area (Å²) in [4.78, 5) is 39.8. The molecule has 0 bridgehead atoms. The average molecular weight is 464 g/mol. The second-order valence-electron chi connectivity index (χ2n) is 12.1. The summed E-state index contributed by atoms with van der Waals surface area (Å²) in [7, 11) is 0. The van der Waals surface area contributed by atoms with Crippen molar-refractivity contribution in [1.82, 2.24) is 13.7 Å². The number of rotatable bonds is 3. The van der Waals surface area contributed by atoms with Crippen LogP contribution in [0.3, 0.4) is 0 Å². The first-order valence-corrected chi connectivity index (χ1v) is 11.7. The zero-order chi connectivity index (χ0) is 25.6. The largest absolute Gasteiger partial charge is 0.276 e. The van der Waals surface area contributed by atoms with Crippen LogP contribution in [0.2, 0.25) is 0 Å². The summed E-state index contributed by atoms with van der Waals surface area (Å²) in [6, 6.07) is 10.4. The van der Waals surface area contributed by atoms with E-state index in [2.05, 4.69) is 0 Å². The van der Waals surface area contributed by atoms with Gasteiger partial charge in [0, 0.05) is 36.8 Å². The van der Waals surface area contributed by atoms with Gasteiger partial charge < -0.3 is 0 Å². The SMILES string of the molecule is CC(C)(C)c1ccn(C(n2ccc(C(C)(C)C)cc2=O)n2ccc(C(C)(C)C)cc2=O)c(=O)c1. The molecule has 3 rings (SSSR count). The summed E-state index contributed by atoms with van der Waals surface area (Å²) >= 11 is 0. The van der Waals surface area contributed by atoms with E-state index in [0.717, 1.165) is 16.7 Å². The first kappa shape index (κ1) is 25.5. The Morgan fingerprint density at radius 3 is 0.912 bits per heavy atom. The lowest BCUT2D eigenvalue weighted by Crippen LogP contribution is -2.43. The smallest absolute Gasteiger partial charge is 0.253 e. The van der Waals surface area contributed by atoms with E-state index in [4.69, 9.17) is 0 Å². The summed E-state index contributed by atoms with van der Waals surface area (Å²) in [5.74, 6) is 0. The molecule has 0 unspecified atom stereocenters. The van der Waals surface area contributed by atoms with E-state index in [-0.39, 0.29) is 32.9 Å². The maximum atomic E-state index is 13.3. The zero-order valence-corrected chi connectivity index (χ0v) is 21.8. The molecule has 0 N–H and O–H groups in total. The molecule has 0 spiro atoms. The molecule has 0 aliphatic carbocycles. The van der Waals surface area contributed by atoms with Crippen molar-refractivity contribution in [2.45, 2.75) is 84.8 Å². The van der Waals surface area contributed by atoms with Crippen molar-refractivity contribution in [3.8, 4) is 0 Å². The van der Waals surface area contributed by atoms with Gasteiger partial charge in [0.1, 0.15) is 0 Å². The number of nitrogens with zero attached hydrogens (tertiary/aromatic N) is 3. The molecule has 0 amide bonds. The van der Waals surface area contributed by atoms with Crippen molar-refractivity contribution >= 4 is 0 Å². The van der Waals surface area contributed by atoms with Crippen LogP contribution in [0.25, 0.3) is 0 Å². The number of hydrogen-bond acceptors (Lipinski definition) is 3. The van der Waals surface area contributed by atoms with E-state index in [1.165, 1.54) is 13.7 Å². The summed E-state index contributed by atoms with van der Waals surface area (Å²) in [6.45, 7) is 18.3. The quantitative estimate of drug-likeness (QED) is 0.569. The Labute approximate surface area is 201 Å². The lowest BCUT2D eigenvalue weighted by Gasteiger charge is -2.28. The van der Waals surface area contributed by atoms with Crippen LogP contribution in [0.15, 0.2) is 69.4 Å². The summed E-state index contributed by atoms with van der Waals surface area (Å²) in [5.41, 5.74) is 1.21. The number of pyridine rings is 3. The van der Waals surface area contributed by atoms with Crippen molar-refractivity contribution in [2.24, 2.45) is 0 Å². The van der Waals surface area contributed by atoms with Crippen LogP contribution < -0.4 is 16.7 Å². The second-order valence-corrected chi connectivity index (χ2v) is 12.1. The third-order valence-corrected chi connectivity index (χ3v) is 6.19. The monoisotopic (exact) mass is 463 g/mol. The molecule has 182 valence electrons. The van der Waals surface area contributed by atoms with Gasteiger partial charge in [-0.3, -0.25) is 28.1 Å². The van der Waals surface area contributed by atoms with Crippen LogP contribution >= 0.6 is 0 Å². The van der Waals surface area contributed by atoms with Crippen molar-refractivity contribution in [1.29, 1.82) is 0 Å². The predicted molar refractivity (Wildman–Crippen MR) is 138 cm³/mol. The van der Waals surface area contributed by atoms with E-state index in [9.17, 15) is 14.4 Å². The van der Waals surface area contributed by atoms with E-state index in [1.54, 1.807) is 36.8 Å². The highest BCUT2D eigenvalue weighted by atomic mass is 16.1. The molecule has 34 heavy (non-hydrogen) atoms. The highest BCUT2D eigenvalue weighted by molar-refractivity contribution is 5.23. The van der Waals surface area contributed by atoms with Gasteiger partial charge in [0.25, 0.3) is 16.7 Å². The highest BCUT2D eigenvalue weighted by Gasteiger charge is 2.24. The minimum absolute atomic E-state index is 0.204. The zero-order valence-electron chi connectivity index (χ0n) is 21.8. The molecule has 3 heterocycles. The van der Waals surface area contributed by atoms with Crippen molar-refractivity contribution < 1.29 is 0 Å². The minimum atomic E-state index is -0.968. The van der Waals surface area contributed by atoms with Gasteiger partial charge in [0.15, 0.2) is 6.29 Å². The predicted octanol–water partition coefficient (Wildman–Crippen LogP) is 4.62. The second kappa shape index (κ2) is 8.57. The molecule has 6 nitrogen and oxygen atoms in total. The minimum Gasteiger partial charge on any atom is -0.276 e. The van der Waals surface area contributed by atoms with Crippen LogP contribution in [0.5, 0.6) is 0 Å². The molecule has 0 fully saturated rings. The maximum Gasteiger partial charge on any atom is 0.253 e.